The Balaban J connectivity index is 1.53. The van der Waals surface area contributed by atoms with Crippen molar-refractivity contribution in [2.75, 3.05) is 0 Å². The molecule has 2 heterocycles. The number of aromatic nitrogens is 2. The fraction of sp³-hybridized carbons (Fsp3) is 0.118. The van der Waals surface area contributed by atoms with Gasteiger partial charge in [-0.05, 0) is 120 Å². The molecule has 7 aromatic rings. The second-order valence-corrected chi connectivity index (χ2v) is 12.2. The summed E-state index contributed by atoms with van der Waals surface area (Å²) in [6.07, 6.45) is 0. The van der Waals surface area contributed by atoms with Crippen molar-refractivity contribution in [2.45, 2.75) is 27.7 Å². The van der Waals surface area contributed by atoms with Gasteiger partial charge in [0.2, 0.25) is 0 Å². The lowest BCUT2D eigenvalue weighted by atomic mass is 10.1. The molecule has 0 amide bonds. The standard InChI is InChI=1S/C34H26Br2N2/c1-19-5-9-29-23(13-19)24-14-20(2)6-10-30(24)37(29)33-17-28(36)34(18-27(33)35)38-31-11-7-21(3)15-25(31)26-16-22(4)8-12-32(26)38/h5-18H,1-4H3. The third-order valence-corrected chi connectivity index (χ3v) is 8.92. The summed E-state index contributed by atoms with van der Waals surface area (Å²) in [7, 11) is 0. The molecule has 0 bridgehead atoms. The van der Waals surface area contributed by atoms with Crippen molar-refractivity contribution >= 4 is 75.5 Å². The van der Waals surface area contributed by atoms with E-state index in [1.54, 1.807) is 0 Å². The SMILES string of the molecule is Cc1ccc2c(c1)c1cc(C)ccc1n2-c1cc(Br)c(-n2c3ccc(C)cc3c3cc(C)ccc32)cc1Br. The quantitative estimate of drug-likeness (QED) is 0.182. The second kappa shape index (κ2) is 8.59. The number of rotatable bonds is 2. The highest BCUT2D eigenvalue weighted by Gasteiger charge is 2.19. The van der Waals surface area contributed by atoms with E-state index in [9.17, 15) is 0 Å². The first kappa shape index (κ1) is 23.8. The number of halogens is 2. The molecule has 5 aromatic carbocycles. The summed E-state index contributed by atoms with van der Waals surface area (Å²) in [5.41, 5.74) is 12.1. The monoisotopic (exact) mass is 620 g/mol. The van der Waals surface area contributed by atoms with E-state index in [-0.39, 0.29) is 0 Å². The lowest BCUT2D eigenvalue weighted by Gasteiger charge is -2.16. The van der Waals surface area contributed by atoms with E-state index in [4.69, 9.17) is 0 Å². The van der Waals surface area contributed by atoms with E-state index in [1.165, 1.54) is 65.9 Å². The van der Waals surface area contributed by atoms with Crippen molar-refractivity contribution in [3.8, 4) is 11.4 Å². The fourth-order valence-electron chi connectivity index (χ4n) is 5.89. The topological polar surface area (TPSA) is 9.86 Å². The van der Waals surface area contributed by atoms with Crippen LogP contribution >= 0.6 is 31.9 Å². The maximum atomic E-state index is 3.99. The average molecular weight is 622 g/mol. The predicted molar refractivity (Wildman–Crippen MR) is 169 cm³/mol. The minimum atomic E-state index is 1.05. The molecular formula is C34H26Br2N2. The maximum Gasteiger partial charge on any atom is 0.0617 e. The molecule has 7 rings (SSSR count). The van der Waals surface area contributed by atoms with Crippen LogP contribution < -0.4 is 0 Å². The molecule has 0 saturated heterocycles. The molecular weight excluding hydrogens is 596 g/mol. The first-order valence-electron chi connectivity index (χ1n) is 12.8. The van der Waals surface area contributed by atoms with Gasteiger partial charge in [-0.25, -0.2) is 0 Å². The minimum Gasteiger partial charge on any atom is -0.308 e. The van der Waals surface area contributed by atoms with Gasteiger partial charge in [-0.3, -0.25) is 0 Å². The predicted octanol–water partition coefficient (Wildman–Crippen LogP) is 10.6. The van der Waals surface area contributed by atoms with Crippen LogP contribution in [-0.4, -0.2) is 9.13 Å². The molecule has 0 atom stereocenters. The molecule has 0 spiro atoms. The van der Waals surface area contributed by atoms with Gasteiger partial charge in [-0.1, -0.05) is 46.5 Å². The van der Waals surface area contributed by atoms with Crippen molar-refractivity contribution in [1.82, 2.24) is 9.13 Å². The van der Waals surface area contributed by atoms with Gasteiger partial charge >= 0.3 is 0 Å². The van der Waals surface area contributed by atoms with Crippen LogP contribution in [0.1, 0.15) is 22.3 Å². The molecule has 0 saturated carbocycles. The van der Waals surface area contributed by atoms with Crippen LogP contribution in [0.3, 0.4) is 0 Å². The van der Waals surface area contributed by atoms with Crippen molar-refractivity contribution in [3.05, 3.63) is 116 Å². The van der Waals surface area contributed by atoms with Gasteiger partial charge < -0.3 is 9.13 Å². The zero-order valence-electron chi connectivity index (χ0n) is 21.7. The summed E-state index contributed by atoms with van der Waals surface area (Å²) in [5, 5.41) is 5.13. The molecule has 2 nitrogen and oxygen atoms in total. The van der Waals surface area contributed by atoms with Gasteiger partial charge in [0.25, 0.3) is 0 Å². The van der Waals surface area contributed by atoms with Gasteiger partial charge in [0.1, 0.15) is 0 Å². The molecule has 4 heteroatoms. The van der Waals surface area contributed by atoms with E-state index >= 15 is 0 Å². The van der Waals surface area contributed by atoms with Crippen LogP contribution in [0.25, 0.3) is 55.0 Å². The van der Waals surface area contributed by atoms with Crippen LogP contribution in [0, 0.1) is 27.7 Å². The average Bonchev–Trinajstić information content (AvgIpc) is 3.36. The molecule has 0 unspecified atom stereocenters. The number of benzene rings is 5. The molecule has 2 aromatic heterocycles. The van der Waals surface area contributed by atoms with Crippen LogP contribution in [0.4, 0.5) is 0 Å². The van der Waals surface area contributed by atoms with Crippen molar-refractivity contribution < 1.29 is 0 Å². The molecule has 0 aliphatic heterocycles. The normalized spacial score (nSPS) is 11.9. The Bertz CT molecular complexity index is 1820. The number of fused-ring (bicyclic) bond motifs is 6. The summed E-state index contributed by atoms with van der Waals surface area (Å²) >= 11 is 7.97. The zero-order valence-corrected chi connectivity index (χ0v) is 24.9. The van der Waals surface area contributed by atoms with Crippen molar-refractivity contribution in [1.29, 1.82) is 0 Å². The van der Waals surface area contributed by atoms with Gasteiger partial charge in [0.05, 0.1) is 33.4 Å². The Kier molecular flexibility index (Phi) is 5.37. The number of aryl methyl sites for hydroxylation is 4. The lowest BCUT2D eigenvalue weighted by Crippen LogP contribution is -2.00. The van der Waals surface area contributed by atoms with E-state index in [0.717, 1.165) is 20.3 Å². The molecule has 0 N–H and O–H groups in total. The molecule has 38 heavy (non-hydrogen) atoms. The first-order valence-corrected chi connectivity index (χ1v) is 14.4. The third kappa shape index (κ3) is 3.50. The Labute approximate surface area is 238 Å². The number of nitrogens with zero attached hydrogens (tertiary/aromatic N) is 2. The molecule has 0 radical (unpaired) electrons. The van der Waals surface area contributed by atoms with Gasteiger partial charge in [0, 0.05) is 30.5 Å². The minimum absolute atomic E-state index is 1.05. The summed E-state index contributed by atoms with van der Waals surface area (Å²) < 4.78 is 6.84. The van der Waals surface area contributed by atoms with Crippen LogP contribution in [0.15, 0.2) is 93.9 Å². The summed E-state index contributed by atoms with van der Waals surface area (Å²) in [6, 6.07) is 31.5. The van der Waals surface area contributed by atoms with Gasteiger partial charge in [-0.15, -0.1) is 0 Å². The number of hydrogen-bond acceptors (Lipinski definition) is 0. The molecule has 186 valence electrons. The number of hydrogen-bond donors (Lipinski definition) is 0. The van der Waals surface area contributed by atoms with E-state index < -0.39 is 0 Å². The Morgan fingerprint density at radius 1 is 0.395 bits per heavy atom. The van der Waals surface area contributed by atoms with Crippen LogP contribution in [-0.2, 0) is 0 Å². The first-order chi connectivity index (χ1) is 18.3. The highest BCUT2D eigenvalue weighted by atomic mass is 79.9. The van der Waals surface area contributed by atoms with Crippen molar-refractivity contribution in [3.63, 3.8) is 0 Å². The zero-order chi connectivity index (χ0) is 26.3. The van der Waals surface area contributed by atoms with E-state index in [1.807, 2.05) is 0 Å². The smallest absolute Gasteiger partial charge is 0.0617 e. The Morgan fingerprint density at radius 2 is 0.658 bits per heavy atom. The van der Waals surface area contributed by atoms with E-state index in [0.29, 0.717) is 0 Å². The molecule has 0 fully saturated rings. The maximum absolute atomic E-state index is 3.99. The summed E-state index contributed by atoms with van der Waals surface area (Å²) in [4.78, 5) is 0. The lowest BCUT2D eigenvalue weighted by molar-refractivity contribution is 1.12. The second-order valence-electron chi connectivity index (χ2n) is 10.5. The third-order valence-electron chi connectivity index (χ3n) is 7.65. The fourth-order valence-corrected chi connectivity index (χ4v) is 6.91. The van der Waals surface area contributed by atoms with Crippen LogP contribution in [0.2, 0.25) is 0 Å². The summed E-state index contributed by atoms with van der Waals surface area (Å²) in [5.74, 6) is 0. The van der Waals surface area contributed by atoms with Crippen LogP contribution in [0.5, 0.6) is 0 Å². The summed E-state index contributed by atoms with van der Waals surface area (Å²) in [6.45, 7) is 8.64. The Morgan fingerprint density at radius 3 is 0.921 bits per heavy atom. The van der Waals surface area contributed by atoms with Crippen molar-refractivity contribution in [2.24, 2.45) is 0 Å². The Hall–Kier alpha value is -3.34. The van der Waals surface area contributed by atoms with E-state index in [2.05, 4.69) is 154 Å². The largest absolute Gasteiger partial charge is 0.308 e. The highest BCUT2D eigenvalue weighted by Crippen LogP contribution is 2.41. The molecule has 0 aliphatic rings. The van der Waals surface area contributed by atoms with Gasteiger partial charge in [0.15, 0.2) is 0 Å². The highest BCUT2D eigenvalue weighted by molar-refractivity contribution is 9.11. The molecule has 0 aliphatic carbocycles. The van der Waals surface area contributed by atoms with Gasteiger partial charge in [-0.2, -0.15) is 0 Å².